The van der Waals surface area contributed by atoms with Gasteiger partial charge in [-0.3, -0.25) is 4.79 Å². The summed E-state index contributed by atoms with van der Waals surface area (Å²) >= 11 is 0. The number of phenols is 1. The Morgan fingerprint density at radius 1 is 1.47 bits per heavy atom. The molecule has 1 rings (SSSR count). The molecule has 0 bridgehead atoms. The van der Waals surface area contributed by atoms with Crippen LogP contribution in [0, 0.1) is 11.3 Å². The Hall–Kier alpha value is -2.06. The fourth-order valence-electron chi connectivity index (χ4n) is 1.72. The first-order chi connectivity index (χ1) is 8.95. The van der Waals surface area contributed by atoms with Gasteiger partial charge in [0, 0.05) is 13.1 Å². The van der Waals surface area contributed by atoms with Crippen molar-refractivity contribution in [3.8, 4) is 11.8 Å². The molecule has 0 aliphatic heterocycles. The highest BCUT2D eigenvalue weighted by Crippen LogP contribution is 2.12. The summed E-state index contributed by atoms with van der Waals surface area (Å²) < 4.78 is 0. The van der Waals surface area contributed by atoms with Crippen molar-refractivity contribution < 1.29 is 9.90 Å². The van der Waals surface area contributed by atoms with Gasteiger partial charge < -0.3 is 15.7 Å². The second kappa shape index (κ2) is 6.76. The molecule has 0 fully saturated rings. The number of nitrogens with zero attached hydrogens (tertiary/aromatic N) is 2. The first-order valence-corrected chi connectivity index (χ1v) is 6.12. The van der Waals surface area contributed by atoms with Gasteiger partial charge in [0.05, 0.1) is 18.5 Å². The van der Waals surface area contributed by atoms with Crippen LogP contribution in [0.1, 0.15) is 18.9 Å². The lowest BCUT2D eigenvalue weighted by Gasteiger charge is -2.26. The van der Waals surface area contributed by atoms with E-state index in [9.17, 15) is 9.90 Å². The molecule has 0 aliphatic carbocycles. The lowest BCUT2D eigenvalue weighted by molar-refractivity contribution is -0.132. The number of likely N-dealkylation sites (N-methyl/N-ethyl adjacent to an activating group) is 1. The van der Waals surface area contributed by atoms with Gasteiger partial charge >= 0.3 is 0 Å². The Balaban J connectivity index is 2.62. The monoisotopic (exact) mass is 261 g/mol. The third kappa shape index (κ3) is 4.27. The number of nitriles is 1. The fourth-order valence-corrected chi connectivity index (χ4v) is 1.72. The SMILES string of the molecule is CC(CC#N)N(C)C(=O)[C@H](N)Cc1ccc(O)cc1. The number of carbonyl (C=O) groups is 1. The number of phenolic OH excluding ortho intramolecular Hbond substituents is 1. The number of amides is 1. The Morgan fingerprint density at radius 3 is 2.58 bits per heavy atom. The quantitative estimate of drug-likeness (QED) is 0.828. The van der Waals surface area contributed by atoms with Crippen LogP contribution in [0.25, 0.3) is 0 Å². The van der Waals surface area contributed by atoms with Crippen molar-refractivity contribution in [3.05, 3.63) is 29.8 Å². The van der Waals surface area contributed by atoms with E-state index in [-0.39, 0.29) is 24.1 Å². The Morgan fingerprint density at radius 2 is 2.05 bits per heavy atom. The van der Waals surface area contributed by atoms with Crippen LogP contribution in [0.3, 0.4) is 0 Å². The third-order valence-electron chi connectivity index (χ3n) is 3.10. The minimum Gasteiger partial charge on any atom is -0.508 e. The van der Waals surface area contributed by atoms with Gasteiger partial charge in [0.25, 0.3) is 0 Å². The summed E-state index contributed by atoms with van der Waals surface area (Å²) in [5, 5.41) is 17.8. The molecular formula is C14H19N3O2. The number of hydrogen-bond acceptors (Lipinski definition) is 4. The zero-order chi connectivity index (χ0) is 14.4. The summed E-state index contributed by atoms with van der Waals surface area (Å²) in [6, 6.07) is 7.85. The topological polar surface area (TPSA) is 90.4 Å². The molecule has 0 saturated heterocycles. The third-order valence-corrected chi connectivity index (χ3v) is 3.10. The summed E-state index contributed by atoms with van der Waals surface area (Å²) in [6.45, 7) is 1.81. The molecule has 2 atom stereocenters. The van der Waals surface area contributed by atoms with Crippen LogP contribution in [0.5, 0.6) is 5.75 Å². The second-order valence-electron chi connectivity index (χ2n) is 4.64. The van der Waals surface area contributed by atoms with Crippen LogP contribution >= 0.6 is 0 Å². The van der Waals surface area contributed by atoms with Crippen molar-refractivity contribution in [2.45, 2.75) is 31.8 Å². The predicted octanol–water partition coefficient (Wildman–Crippen LogP) is 1.02. The molecule has 1 aromatic rings. The first-order valence-electron chi connectivity index (χ1n) is 6.12. The highest BCUT2D eigenvalue weighted by atomic mass is 16.3. The van der Waals surface area contributed by atoms with Gasteiger partial charge in [-0.05, 0) is 31.0 Å². The number of aromatic hydroxyl groups is 1. The van der Waals surface area contributed by atoms with Gasteiger partial charge in [-0.1, -0.05) is 12.1 Å². The Bertz CT molecular complexity index is 465. The normalized spacial score (nSPS) is 13.4. The van der Waals surface area contributed by atoms with Crippen LogP contribution in [0.4, 0.5) is 0 Å². The van der Waals surface area contributed by atoms with Crippen molar-refractivity contribution in [2.24, 2.45) is 5.73 Å². The summed E-state index contributed by atoms with van der Waals surface area (Å²) in [5.74, 6) is -0.000710. The molecule has 0 saturated carbocycles. The molecule has 0 aromatic heterocycles. The van der Waals surface area contributed by atoms with Crippen LogP contribution in [0.2, 0.25) is 0 Å². The maximum Gasteiger partial charge on any atom is 0.239 e. The number of carbonyl (C=O) groups excluding carboxylic acids is 1. The predicted molar refractivity (Wildman–Crippen MR) is 72.2 cm³/mol. The number of rotatable bonds is 5. The van der Waals surface area contributed by atoms with Gasteiger partial charge in [-0.2, -0.15) is 5.26 Å². The molecular weight excluding hydrogens is 242 g/mol. The van der Waals surface area contributed by atoms with Crippen LogP contribution in [-0.4, -0.2) is 35.0 Å². The van der Waals surface area contributed by atoms with E-state index in [2.05, 4.69) is 0 Å². The fraction of sp³-hybridized carbons (Fsp3) is 0.429. The smallest absolute Gasteiger partial charge is 0.239 e. The van der Waals surface area contributed by atoms with Crippen molar-refractivity contribution in [2.75, 3.05) is 7.05 Å². The minimum absolute atomic E-state index is 0.150. The van der Waals surface area contributed by atoms with Gasteiger partial charge in [-0.15, -0.1) is 0 Å². The van der Waals surface area contributed by atoms with Gasteiger partial charge in [0.1, 0.15) is 5.75 Å². The van der Waals surface area contributed by atoms with E-state index < -0.39 is 6.04 Å². The van der Waals surface area contributed by atoms with E-state index in [0.29, 0.717) is 6.42 Å². The Kier molecular flexibility index (Phi) is 5.34. The molecule has 19 heavy (non-hydrogen) atoms. The average Bonchev–Trinajstić information content (AvgIpc) is 2.39. The average molecular weight is 261 g/mol. The number of nitrogens with two attached hydrogens (primary N) is 1. The zero-order valence-corrected chi connectivity index (χ0v) is 11.2. The first kappa shape index (κ1) is 15.0. The van der Waals surface area contributed by atoms with E-state index in [1.807, 2.05) is 13.0 Å². The molecule has 1 amide bonds. The van der Waals surface area contributed by atoms with E-state index in [1.165, 1.54) is 4.90 Å². The Labute approximate surface area is 113 Å². The van der Waals surface area contributed by atoms with E-state index >= 15 is 0 Å². The molecule has 1 unspecified atom stereocenters. The molecule has 0 aliphatic rings. The minimum atomic E-state index is -0.643. The summed E-state index contributed by atoms with van der Waals surface area (Å²) in [6.07, 6.45) is 0.691. The molecule has 0 spiro atoms. The molecule has 0 radical (unpaired) electrons. The van der Waals surface area contributed by atoms with E-state index in [0.717, 1.165) is 5.56 Å². The molecule has 3 N–H and O–H groups in total. The largest absolute Gasteiger partial charge is 0.508 e. The maximum absolute atomic E-state index is 12.1. The summed E-state index contributed by atoms with van der Waals surface area (Å²) in [7, 11) is 1.65. The molecule has 102 valence electrons. The van der Waals surface area contributed by atoms with Crippen LogP contribution in [0.15, 0.2) is 24.3 Å². The lowest BCUT2D eigenvalue weighted by Crippen LogP contribution is -2.46. The van der Waals surface area contributed by atoms with E-state index in [4.69, 9.17) is 11.0 Å². The van der Waals surface area contributed by atoms with Crippen LogP contribution < -0.4 is 5.73 Å². The molecule has 1 aromatic carbocycles. The van der Waals surface area contributed by atoms with Crippen molar-refractivity contribution >= 4 is 5.91 Å². The van der Waals surface area contributed by atoms with Crippen molar-refractivity contribution in [1.82, 2.24) is 4.90 Å². The standard InChI is InChI=1S/C14H19N3O2/c1-10(7-8-15)17(2)14(19)13(16)9-11-3-5-12(18)6-4-11/h3-6,10,13,18H,7,9,16H2,1-2H3/t10?,13-/m1/s1. The second-order valence-corrected chi connectivity index (χ2v) is 4.64. The summed E-state index contributed by atoms with van der Waals surface area (Å²) in [5.41, 5.74) is 6.77. The van der Waals surface area contributed by atoms with Crippen LogP contribution in [-0.2, 0) is 11.2 Å². The van der Waals surface area contributed by atoms with E-state index in [1.54, 1.807) is 31.3 Å². The van der Waals surface area contributed by atoms with Gasteiger partial charge in [0.15, 0.2) is 0 Å². The molecule has 5 nitrogen and oxygen atoms in total. The lowest BCUT2D eigenvalue weighted by atomic mass is 10.0. The van der Waals surface area contributed by atoms with Gasteiger partial charge in [0.2, 0.25) is 5.91 Å². The maximum atomic E-state index is 12.1. The number of hydrogen-bond donors (Lipinski definition) is 2. The van der Waals surface area contributed by atoms with Crippen molar-refractivity contribution in [3.63, 3.8) is 0 Å². The molecule has 5 heteroatoms. The van der Waals surface area contributed by atoms with Crippen molar-refractivity contribution in [1.29, 1.82) is 5.26 Å². The van der Waals surface area contributed by atoms with Gasteiger partial charge in [-0.25, -0.2) is 0 Å². The summed E-state index contributed by atoms with van der Waals surface area (Å²) in [4.78, 5) is 13.6. The molecule has 0 heterocycles. The highest BCUT2D eigenvalue weighted by Gasteiger charge is 2.22. The number of benzene rings is 1. The highest BCUT2D eigenvalue weighted by molar-refractivity contribution is 5.82. The zero-order valence-electron chi connectivity index (χ0n) is 11.2.